The van der Waals surface area contributed by atoms with Crippen molar-refractivity contribution in [1.82, 2.24) is 9.78 Å². The predicted molar refractivity (Wildman–Crippen MR) is 45.1 cm³/mol. The third-order valence-electron chi connectivity index (χ3n) is 1.56. The lowest BCUT2D eigenvalue weighted by molar-refractivity contribution is 0.0783. The van der Waals surface area contributed by atoms with Gasteiger partial charge in [0.2, 0.25) is 0 Å². The maximum absolute atomic E-state index is 9.02. The molecule has 1 heterocycles. The van der Waals surface area contributed by atoms with Crippen molar-refractivity contribution in [1.29, 1.82) is 0 Å². The van der Waals surface area contributed by atoms with E-state index in [4.69, 9.17) is 20.3 Å². The lowest BCUT2D eigenvalue weighted by Gasteiger charge is -2.05. The molecule has 0 bridgehead atoms. The van der Waals surface area contributed by atoms with Crippen LogP contribution < -0.4 is 5.46 Å². The Hall–Kier alpha value is -0.885. The Morgan fingerprint density at radius 2 is 2.23 bits per heavy atom. The number of aromatic nitrogens is 2. The molecule has 0 radical (unpaired) electrons. The third-order valence-corrected chi connectivity index (χ3v) is 1.56. The quantitative estimate of drug-likeness (QED) is 0.373. The third kappa shape index (κ3) is 2.81. The van der Waals surface area contributed by atoms with E-state index in [9.17, 15) is 0 Å². The first-order chi connectivity index (χ1) is 6.13. The second-order valence-corrected chi connectivity index (χ2v) is 2.71. The summed E-state index contributed by atoms with van der Waals surface area (Å²) in [5.74, 6) is 0. The molecule has 7 heteroatoms. The highest BCUT2D eigenvalue weighted by Gasteiger charge is 2.13. The summed E-state index contributed by atoms with van der Waals surface area (Å²) in [6, 6.07) is 0. The van der Waals surface area contributed by atoms with E-state index < -0.39 is 13.2 Å². The molecule has 0 spiro atoms. The van der Waals surface area contributed by atoms with Crippen LogP contribution in [0.5, 0.6) is 0 Å². The van der Waals surface area contributed by atoms with Gasteiger partial charge >= 0.3 is 7.12 Å². The lowest BCUT2D eigenvalue weighted by Crippen LogP contribution is -2.28. The van der Waals surface area contributed by atoms with Crippen molar-refractivity contribution in [2.24, 2.45) is 0 Å². The number of nitrogens with zero attached hydrogens (tertiary/aromatic N) is 2. The number of hydrogen-bond donors (Lipinski definition) is 4. The van der Waals surface area contributed by atoms with Crippen molar-refractivity contribution in [2.45, 2.75) is 12.6 Å². The standard InChI is InChI=1S/C6H11BN2O4/c10-4-6(11)3-9-2-5(1-8-9)7(12)13/h1-2,6,10-13H,3-4H2/t6-/m0/s1. The van der Waals surface area contributed by atoms with E-state index in [1.54, 1.807) is 0 Å². The van der Waals surface area contributed by atoms with E-state index >= 15 is 0 Å². The van der Waals surface area contributed by atoms with Crippen LogP contribution in [-0.2, 0) is 6.54 Å². The smallest absolute Gasteiger partial charge is 0.423 e. The average molecular weight is 186 g/mol. The molecular weight excluding hydrogens is 175 g/mol. The van der Waals surface area contributed by atoms with Gasteiger partial charge in [-0.25, -0.2) is 0 Å². The minimum atomic E-state index is -1.56. The van der Waals surface area contributed by atoms with Crippen LogP contribution >= 0.6 is 0 Å². The van der Waals surface area contributed by atoms with Gasteiger partial charge < -0.3 is 20.3 Å². The fourth-order valence-electron chi connectivity index (χ4n) is 0.886. The Morgan fingerprint density at radius 1 is 1.54 bits per heavy atom. The summed E-state index contributed by atoms with van der Waals surface area (Å²) >= 11 is 0. The van der Waals surface area contributed by atoms with Crippen molar-refractivity contribution in [2.75, 3.05) is 6.61 Å². The molecule has 0 unspecified atom stereocenters. The first-order valence-electron chi connectivity index (χ1n) is 3.81. The molecule has 0 saturated heterocycles. The molecule has 6 nitrogen and oxygen atoms in total. The minimum Gasteiger partial charge on any atom is -0.423 e. The molecule has 0 aliphatic carbocycles. The van der Waals surface area contributed by atoms with Crippen LogP contribution in [0.1, 0.15) is 0 Å². The Kier molecular flexibility index (Phi) is 3.43. The summed E-state index contributed by atoms with van der Waals surface area (Å²) in [4.78, 5) is 0. The van der Waals surface area contributed by atoms with Crippen molar-refractivity contribution in [3.63, 3.8) is 0 Å². The van der Waals surface area contributed by atoms with Crippen molar-refractivity contribution >= 4 is 12.6 Å². The predicted octanol–water partition coefficient (Wildman–Crippen LogP) is -3.08. The van der Waals surface area contributed by atoms with Gasteiger partial charge in [-0.15, -0.1) is 0 Å². The molecule has 1 aromatic heterocycles. The van der Waals surface area contributed by atoms with Gasteiger partial charge in [0.1, 0.15) is 0 Å². The van der Waals surface area contributed by atoms with Gasteiger partial charge in [0.15, 0.2) is 0 Å². The molecule has 0 saturated carbocycles. The molecule has 0 amide bonds. The lowest BCUT2D eigenvalue weighted by atomic mass is 9.83. The summed E-state index contributed by atoms with van der Waals surface area (Å²) in [5.41, 5.74) is 0.255. The van der Waals surface area contributed by atoms with Crippen LogP contribution in [0.4, 0.5) is 0 Å². The Labute approximate surface area is 75.2 Å². The van der Waals surface area contributed by atoms with E-state index in [-0.39, 0.29) is 18.6 Å². The number of hydrogen-bond acceptors (Lipinski definition) is 5. The van der Waals surface area contributed by atoms with Crippen LogP contribution in [0.25, 0.3) is 0 Å². The fourth-order valence-corrected chi connectivity index (χ4v) is 0.886. The summed E-state index contributed by atoms with van der Waals surface area (Å²) in [5, 5.41) is 38.7. The molecule has 72 valence electrons. The maximum Gasteiger partial charge on any atom is 0.491 e. The summed E-state index contributed by atoms with van der Waals surface area (Å²) in [6.45, 7) is -0.222. The van der Waals surface area contributed by atoms with Gasteiger partial charge in [-0.3, -0.25) is 4.68 Å². The largest absolute Gasteiger partial charge is 0.491 e. The van der Waals surface area contributed by atoms with E-state index in [1.165, 1.54) is 17.1 Å². The molecule has 0 aromatic carbocycles. The Balaban J connectivity index is 2.58. The first-order valence-corrected chi connectivity index (χ1v) is 3.81. The topological polar surface area (TPSA) is 98.7 Å². The van der Waals surface area contributed by atoms with Gasteiger partial charge in [-0.1, -0.05) is 0 Å². The minimum absolute atomic E-state index is 0.128. The van der Waals surface area contributed by atoms with Gasteiger partial charge in [0.25, 0.3) is 0 Å². The second-order valence-electron chi connectivity index (χ2n) is 2.71. The van der Waals surface area contributed by atoms with Crippen molar-refractivity contribution in [3.8, 4) is 0 Å². The molecule has 1 atom stereocenters. The van der Waals surface area contributed by atoms with Gasteiger partial charge in [0.05, 0.1) is 19.3 Å². The number of aliphatic hydroxyl groups excluding tert-OH is 2. The van der Waals surface area contributed by atoms with Crippen LogP contribution in [-0.4, -0.2) is 49.9 Å². The van der Waals surface area contributed by atoms with Crippen LogP contribution in [0.15, 0.2) is 12.4 Å². The molecule has 4 N–H and O–H groups in total. The number of aliphatic hydroxyl groups is 2. The Bertz CT molecular complexity index is 265. The highest BCUT2D eigenvalue weighted by molar-refractivity contribution is 6.58. The first kappa shape index (κ1) is 10.2. The van der Waals surface area contributed by atoms with Gasteiger partial charge in [-0.2, -0.15) is 5.10 Å². The number of rotatable bonds is 4. The zero-order valence-corrected chi connectivity index (χ0v) is 6.91. The van der Waals surface area contributed by atoms with Crippen LogP contribution in [0.3, 0.4) is 0 Å². The maximum atomic E-state index is 9.02. The van der Waals surface area contributed by atoms with Gasteiger partial charge in [-0.05, 0) is 0 Å². The van der Waals surface area contributed by atoms with Crippen molar-refractivity contribution < 1.29 is 20.3 Å². The van der Waals surface area contributed by atoms with Gasteiger partial charge in [0, 0.05) is 17.9 Å². The van der Waals surface area contributed by atoms with Crippen molar-refractivity contribution in [3.05, 3.63) is 12.4 Å². The highest BCUT2D eigenvalue weighted by Crippen LogP contribution is 1.89. The summed E-state index contributed by atoms with van der Waals surface area (Å²) in [6.07, 6.45) is 1.79. The molecule has 1 aromatic rings. The van der Waals surface area contributed by atoms with Crippen LogP contribution in [0.2, 0.25) is 0 Å². The van der Waals surface area contributed by atoms with Crippen LogP contribution in [0, 0.1) is 0 Å². The van der Waals surface area contributed by atoms with E-state index in [0.29, 0.717) is 0 Å². The monoisotopic (exact) mass is 186 g/mol. The normalized spacial score (nSPS) is 12.9. The molecule has 1 rings (SSSR count). The second kappa shape index (κ2) is 4.38. The SMILES string of the molecule is OC[C@@H](O)Cn1cc(B(O)O)cn1. The molecule has 13 heavy (non-hydrogen) atoms. The Morgan fingerprint density at radius 3 is 2.69 bits per heavy atom. The van der Waals surface area contributed by atoms with E-state index in [1.807, 2.05) is 0 Å². The molecular formula is C6H11BN2O4. The summed E-state index contributed by atoms with van der Waals surface area (Å²) < 4.78 is 1.33. The zero-order valence-electron chi connectivity index (χ0n) is 6.91. The molecule has 0 aliphatic rings. The average Bonchev–Trinajstić information content (AvgIpc) is 2.52. The fraction of sp³-hybridized carbons (Fsp3) is 0.500. The summed E-state index contributed by atoms with van der Waals surface area (Å²) in [7, 11) is -1.56. The van der Waals surface area contributed by atoms with E-state index in [0.717, 1.165) is 0 Å². The molecule has 0 fully saturated rings. The molecule has 0 aliphatic heterocycles. The van der Waals surface area contributed by atoms with E-state index in [2.05, 4.69) is 5.10 Å². The highest BCUT2D eigenvalue weighted by atomic mass is 16.4. The zero-order chi connectivity index (χ0) is 9.84.